The van der Waals surface area contributed by atoms with Crippen molar-refractivity contribution in [3.8, 4) is 0 Å². The van der Waals surface area contributed by atoms with Crippen molar-refractivity contribution in [2.24, 2.45) is 5.92 Å². The zero-order valence-corrected chi connectivity index (χ0v) is 28.8. The number of carbonyl (C=O) groups excluding carboxylic acids is 2. The second-order valence-corrected chi connectivity index (χ2v) is 12.0. The van der Waals surface area contributed by atoms with E-state index in [1.165, 1.54) is 5.56 Å². The van der Waals surface area contributed by atoms with Crippen molar-refractivity contribution in [2.75, 3.05) is 33.2 Å². The maximum atomic E-state index is 12.6. The highest BCUT2D eigenvalue weighted by atomic mass is 16.2. The van der Waals surface area contributed by atoms with Gasteiger partial charge >= 0.3 is 0 Å². The molecule has 1 rings (SSSR count). The van der Waals surface area contributed by atoms with Crippen LogP contribution in [-0.4, -0.2) is 49.9 Å². The third-order valence-corrected chi connectivity index (χ3v) is 7.26. The van der Waals surface area contributed by atoms with Gasteiger partial charge in [0.05, 0.1) is 5.92 Å². The van der Waals surface area contributed by atoms with E-state index in [2.05, 4.69) is 133 Å². The van der Waals surface area contributed by atoms with E-state index in [9.17, 15) is 9.59 Å². The van der Waals surface area contributed by atoms with E-state index >= 15 is 0 Å². The van der Waals surface area contributed by atoms with E-state index in [1.807, 2.05) is 14.0 Å². The number of hydrogen-bond acceptors (Lipinski definition) is 3. The van der Waals surface area contributed by atoms with Crippen LogP contribution in [0.2, 0.25) is 0 Å². The minimum absolute atomic E-state index is 0.0442. The van der Waals surface area contributed by atoms with Gasteiger partial charge in [-0.05, 0) is 82.4 Å². The highest BCUT2D eigenvalue weighted by Gasteiger charge is 2.15. The van der Waals surface area contributed by atoms with Crippen LogP contribution in [0.25, 0.3) is 0 Å². The number of nitrogens with one attached hydrogen (secondary N) is 2. The van der Waals surface area contributed by atoms with Gasteiger partial charge in [0.15, 0.2) is 0 Å². The van der Waals surface area contributed by atoms with Crippen LogP contribution in [-0.2, 0) is 16.0 Å². The lowest BCUT2D eigenvalue weighted by Gasteiger charge is -2.18. The van der Waals surface area contributed by atoms with Gasteiger partial charge in [0.1, 0.15) is 0 Å². The number of nitrogens with zero attached hydrogens (tertiary/aromatic N) is 1. The summed E-state index contributed by atoms with van der Waals surface area (Å²) in [4.78, 5) is 26.9. The topological polar surface area (TPSA) is 61.4 Å². The molecule has 1 aromatic carbocycles. The molecule has 0 spiro atoms. The molecule has 1 unspecified atom stereocenters. The summed E-state index contributed by atoms with van der Waals surface area (Å²) in [5, 5.41) is 6.04. The first kappa shape index (κ1) is 39.6. The van der Waals surface area contributed by atoms with Crippen molar-refractivity contribution < 1.29 is 9.59 Å². The first-order chi connectivity index (χ1) is 21.8. The molecule has 0 heterocycles. The maximum Gasteiger partial charge on any atom is 0.227 e. The summed E-state index contributed by atoms with van der Waals surface area (Å²) in [6.45, 7) is 11.2. The van der Waals surface area contributed by atoms with Gasteiger partial charge in [-0.1, -0.05) is 118 Å². The van der Waals surface area contributed by atoms with Gasteiger partial charge in [-0.3, -0.25) is 9.59 Å². The lowest BCUT2D eigenvalue weighted by atomic mass is 9.96. The Morgan fingerprint density at radius 1 is 0.689 bits per heavy atom. The molecule has 5 heteroatoms. The Balaban J connectivity index is 2.05. The summed E-state index contributed by atoms with van der Waals surface area (Å²) >= 11 is 0. The molecule has 0 radical (unpaired) electrons. The van der Waals surface area contributed by atoms with Crippen molar-refractivity contribution in [1.82, 2.24) is 15.5 Å². The zero-order valence-electron chi connectivity index (χ0n) is 28.8. The molecule has 0 aromatic heterocycles. The number of hydrogen-bond donors (Lipinski definition) is 2. The molecule has 0 fully saturated rings. The number of benzene rings is 1. The summed E-state index contributed by atoms with van der Waals surface area (Å²) in [6.07, 6.45) is 34.4. The number of likely N-dealkylation sites (N-methyl/N-ethyl adjacent to an activating group) is 1. The number of allylic oxidation sites excluding steroid dienone is 12. The smallest absolute Gasteiger partial charge is 0.227 e. The summed E-state index contributed by atoms with van der Waals surface area (Å²) in [7, 11) is 2.01. The fourth-order valence-electron chi connectivity index (χ4n) is 4.53. The molecule has 0 bridgehead atoms. The van der Waals surface area contributed by atoms with Gasteiger partial charge in [-0.25, -0.2) is 0 Å². The third kappa shape index (κ3) is 22.7. The molecule has 0 saturated heterocycles. The SMILES string of the molecule is CCC=CCC=CCC=CCC=CCC=CCC=CCCC(=O)NCCN(C)CCNC(=O)C(C)c1ccc(CC(C)C)cc1. The Kier molecular flexibility index (Phi) is 23.7. The van der Waals surface area contributed by atoms with Gasteiger partial charge < -0.3 is 15.5 Å². The molecule has 5 nitrogen and oxygen atoms in total. The van der Waals surface area contributed by atoms with Crippen molar-refractivity contribution in [2.45, 2.75) is 91.4 Å². The average molecular weight is 616 g/mol. The van der Waals surface area contributed by atoms with Crippen molar-refractivity contribution in [3.63, 3.8) is 0 Å². The number of rotatable bonds is 24. The Morgan fingerprint density at radius 2 is 1.16 bits per heavy atom. The van der Waals surface area contributed by atoms with E-state index in [0.717, 1.165) is 70.0 Å². The second-order valence-electron chi connectivity index (χ2n) is 12.0. The molecule has 0 aliphatic heterocycles. The van der Waals surface area contributed by atoms with Crippen LogP contribution in [0.1, 0.15) is 96.1 Å². The van der Waals surface area contributed by atoms with E-state index in [0.29, 0.717) is 25.4 Å². The molecule has 0 aliphatic carbocycles. The highest BCUT2D eigenvalue weighted by molar-refractivity contribution is 5.83. The van der Waals surface area contributed by atoms with Gasteiger partial charge in [-0.2, -0.15) is 0 Å². The predicted octanol–water partition coefficient (Wildman–Crippen LogP) is 8.63. The summed E-state index contributed by atoms with van der Waals surface area (Å²) < 4.78 is 0. The number of carbonyl (C=O) groups is 2. The summed E-state index contributed by atoms with van der Waals surface area (Å²) in [6, 6.07) is 8.40. The van der Waals surface area contributed by atoms with Crippen molar-refractivity contribution in [1.29, 1.82) is 0 Å². The first-order valence-electron chi connectivity index (χ1n) is 17.0. The lowest BCUT2D eigenvalue weighted by Crippen LogP contribution is -2.38. The number of amides is 2. The van der Waals surface area contributed by atoms with Crippen molar-refractivity contribution in [3.05, 3.63) is 108 Å². The maximum absolute atomic E-state index is 12.6. The van der Waals surface area contributed by atoms with Gasteiger partial charge in [-0.15, -0.1) is 0 Å². The molecular formula is C40H61N3O2. The molecule has 2 N–H and O–H groups in total. The average Bonchev–Trinajstić information content (AvgIpc) is 3.01. The van der Waals surface area contributed by atoms with Crippen LogP contribution in [0.15, 0.2) is 97.2 Å². The largest absolute Gasteiger partial charge is 0.355 e. The molecule has 1 aromatic rings. The quantitative estimate of drug-likeness (QED) is 0.114. The second kappa shape index (κ2) is 26.9. The minimum atomic E-state index is -0.177. The van der Waals surface area contributed by atoms with Crippen LogP contribution < -0.4 is 10.6 Å². The van der Waals surface area contributed by atoms with E-state index in [-0.39, 0.29) is 17.7 Å². The molecule has 0 aliphatic rings. The summed E-state index contributed by atoms with van der Waals surface area (Å²) in [5.74, 6) is 0.561. The third-order valence-electron chi connectivity index (χ3n) is 7.26. The standard InChI is InChI=1S/C40H61N3O2/c1-6-7-8-9-10-11-12-13-14-15-16-17-18-19-20-21-22-23-24-25-39(44)41-30-32-43(5)33-31-42-40(45)36(4)38-28-26-37(27-29-38)34-35(2)3/h7-8,10-11,13-14,16-17,19-20,22-23,26-29,35-36H,6,9,12,15,18,21,24-25,30-34H2,1-5H3,(H,41,44)(H,42,45). The van der Waals surface area contributed by atoms with Crippen LogP contribution >= 0.6 is 0 Å². The van der Waals surface area contributed by atoms with E-state index < -0.39 is 0 Å². The molecule has 1 atom stereocenters. The van der Waals surface area contributed by atoms with Crippen LogP contribution in [0.5, 0.6) is 0 Å². The van der Waals surface area contributed by atoms with E-state index in [4.69, 9.17) is 0 Å². The summed E-state index contributed by atoms with van der Waals surface area (Å²) in [5.41, 5.74) is 2.35. The Hall–Kier alpha value is -3.44. The van der Waals surface area contributed by atoms with Crippen LogP contribution in [0.3, 0.4) is 0 Å². The molecule has 45 heavy (non-hydrogen) atoms. The fourth-order valence-corrected chi connectivity index (χ4v) is 4.53. The normalized spacial score (nSPS) is 13.2. The van der Waals surface area contributed by atoms with Gasteiger partial charge in [0.25, 0.3) is 0 Å². The molecule has 2 amide bonds. The monoisotopic (exact) mass is 615 g/mol. The first-order valence-corrected chi connectivity index (χ1v) is 17.0. The van der Waals surface area contributed by atoms with Gasteiger partial charge in [0, 0.05) is 32.6 Å². The highest BCUT2D eigenvalue weighted by Crippen LogP contribution is 2.17. The lowest BCUT2D eigenvalue weighted by molar-refractivity contribution is -0.122. The Morgan fingerprint density at radius 3 is 1.64 bits per heavy atom. The molecule has 248 valence electrons. The Bertz CT molecular complexity index is 1090. The molecule has 0 saturated carbocycles. The van der Waals surface area contributed by atoms with Crippen molar-refractivity contribution >= 4 is 11.8 Å². The van der Waals surface area contributed by atoms with E-state index in [1.54, 1.807) is 0 Å². The predicted molar refractivity (Wildman–Crippen MR) is 194 cm³/mol. The minimum Gasteiger partial charge on any atom is -0.355 e. The van der Waals surface area contributed by atoms with Crippen LogP contribution in [0, 0.1) is 5.92 Å². The Labute approximate surface area is 275 Å². The van der Waals surface area contributed by atoms with Gasteiger partial charge in [0.2, 0.25) is 11.8 Å². The zero-order chi connectivity index (χ0) is 33.0. The van der Waals surface area contributed by atoms with Crippen LogP contribution in [0.4, 0.5) is 0 Å². The fraction of sp³-hybridized carbons (Fsp3) is 0.500. The molecular weight excluding hydrogens is 554 g/mol.